The first-order valence-corrected chi connectivity index (χ1v) is 14.4. The first kappa shape index (κ1) is 27.1. The van der Waals surface area contributed by atoms with E-state index in [4.69, 9.17) is 9.47 Å². The molecule has 0 radical (unpaired) electrons. The summed E-state index contributed by atoms with van der Waals surface area (Å²) in [6.45, 7) is 17.5. The molecule has 5 nitrogen and oxygen atoms in total. The van der Waals surface area contributed by atoms with Crippen molar-refractivity contribution in [3.05, 3.63) is 46.3 Å². The Hall–Kier alpha value is -2.43. The highest BCUT2D eigenvalue weighted by Gasteiger charge is 2.67. The van der Waals surface area contributed by atoms with Crippen LogP contribution in [0.3, 0.4) is 0 Å². The van der Waals surface area contributed by atoms with Crippen molar-refractivity contribution >= 4 is 17.7 Å². The lowest BCUT2D eigenvalue weighted by Crippen LogP contribution is -2.62. The fourth-order valence-corrected chi connectivity index (χ4v) is 9.13. The Morgan fingerprint density at radius 1 is 0.974 bits per heavy atom. The molecule has 0 heterocycles. The van der Waals surface area contributed by atoms with E-state index >= 15 is 0 Å². The molecule has 3 fully saturated rings. The van der Waals surface area contributed by atoms with Crippen LogP contribution in [-0.4, -0.2) is 24.3 Å². The van der Waals surface area contributed by atoms with Crippen LogP contribution in [0.15, 0.2) is 46.3 Å². The van der Waals surface area contributed by atoms with Gasteiger partial charge in [-0.3, -0.25) is 9.59 Å². The first-order chi connectivity index (χ1) is 17.7. The minimum Gasteiger partial charge on any atom is -0.434 e. The van der Waals surface area contributed by atoms with Gasteiger partial charge in [0, 0.05) is 16.4 Å². The number of rotatable bonds is 3. The second kappa shape index (κ2) is 8.53. The molecule has 0 amide bonds. The van der Waals surface area contributed by atoms with Crippen molar-refractivity contribution in [1.29, 1.82) is 0 Å². The first-order valence-electron chi connectivity index (χ1n) is 14.4. The van der Waals surface area contributed by atoms with Gasteiger partial charge in [-0.1, -0.05) is 52.3 Å². The summed E-state index contributed by atoms with van der Waals surface area (Å²) in [6, 6.07) is 0. The van der Waals surface area contributed by atoms with Crippen LogP contribution in [0.2, 0.25) is 0 Å². The largest absolute Gasteiger partial charge is 0.513 e. The third-order valence-electron chi connectivity index (χ3n) is 12.1. The molecule has 0 N–H and O–H groups in total. The average molecular weight is 521 g/mol. The molecule has 0 saturated heterocycles. The number of hydrogen-bond donors (Lipinski definition) is 0. The maximum atomic E-state index is 13.3. The summed E-state index contributed by atoms with van der Waals surface area (Å²) in [7, 11) is 0. The van der Waals surface area contributed by atoms with Gasteiger partial charge in [0.05, 0.1) is 6.61 Å². The van der Waals surface area contributed by atoms with E-state index in [-0.39, 0.29) is 45.2 Å². The molecule has 0 aromatic heterocycles. The van der Waals surface area contributed by atoms with E-state index in [1.807, 2.05) is 6.92 Å². The molecule has 5 aliphatic rings. The van der Waals surface area contributed by atoms with Crippen LogP contribution >= 0.6 is 0 Å². The number of allylic oxidation sites excluding steroid dienone is 7. The summed E-state index contributed by atoms with van der Waals surface area (Å²) in [5.41, 5.74) is 3.91. The van der Waals surface area contributed by atoms with Gasteiger partial charge in [0.2, 0.25) is 5.78 Å². The fraction of sp³-hybridized carbons (Fsp3) is 0.667. The van der Waals surface area contributed by atoms with Crippen molar-refractivity contribution in [1.82, 2.24) is 0 Å². The van der Waals surface area contributed by atoms with E-state index in [9.17, 15) is 14.4 Å². The molecule has 206 valence electrons. The summed E-state index contributed by atoms with van der Waals surface area (Å²) in [4.78, 5) is 38.0. The summed E-state index contributed by atoms with van der Waals surface area (Å²) >= 11 is 0. The second-order valence-electron chi connectivity index (χ2n) is 13.9. The van der Waals surface area contributed by atoms with E-state index in [1.54, 1.807) is 19.9 Å². The van der Waals surface area contributed by atoms with Crippen molar-refractivity contribution in [2.24, 2.45) is 33.0 Å². The SMILES string of the molecule is CCOC(=O)OC1=C(C)C2=CC=C3[C@@](C)(CC[C@@]4(C)[C@@H]5C[C@](C)(C(C)=O)CC[C@]5(C)CC[C@]34C)C2=CC1=O. The number of hydrogen-bond acceptors (Lipinski definition) is 5. The molecular weight excluding hydrogens is 476 g/mol. The molecule has 3 saturated carbocycles. The maximum Gasteiger partial charge on any atom is 0.513 e. The number of Topliss-reactive ketones (excluding diaryl/α,β-unsaturated/α-hetero) is 1. The van der Waals surface area contributed by atoms with Gasteiger partial charge in [-0.25, -0.2) is 4.79 Å². The van der Waals surface area contributed by atoms with E-state index in [0.717, 1.165) is 56.1 Å². The molecule has 0 bridgehead atoms. The van der Waals surface area contributed by atoms with E-state index in [1.165, 1.54) is 5.57 Å². The van der Waals surface area contributed by atoms with Gasteiger partial charge >= 0.3 is 6.16 Å². The lowest BCUT2D eigenvalue weighted by Gasteiger charge is -2.70. The molecule has 6 atom stereocenters. The molecule has 0 spiro atoms. The van der Waals surface area contributed by atoms with Crippen LogP contribution in [0, 0.1) is 33.0 Å². The lowest BCUT2D eigenvalue weighted by molar-refractivity contribution is -0.167. The summed E-state index contributed by atoms with van der Waals surface area (Å²) in [5, 5.41) is 0. The Kier molecular flexibility index (Phi) is 6.10. The van der Waals surface area contributed by atoms with Gasteiger partial charge in [0.25, 0.3) is 0 Å². The number of ether oxygens (including phenoxy) is 2. The minimum atomic E-state index is -0.845. The average Bonchev–Trinajstić information content (AvgIpc) is 2.85. The third kappa shape index (κ3) is 3.52. The highest BCUT2D eigenvalue weighted by molar-refractivity contribution is 6.08. The molecular formula is C33H44O5. The Morgan fingerprint density at radius 3 is 2.32 bits per heavy atom. The highest BCUT2D eigenvalue weighted by atomic mass is 16.7. The van der Waals surface area contributed by atoms with Crippen molar-refractivity contribution in [3.63, 3.8) is 0 Å². The zero-order valence-electron chi connectivity index (χ0n) is 24.5. The van der Waals surface area contributed by atoms with Gasteiger partial charge in [-0.15, -0.1) is 0 Å². The normalized spacial score (nSPS) is 41.9. The number of ketones is 2. The molecule has 38 heavy (non-hydrogen) atoms. The van der Waals surface area contributed by atoms with Crippen molar-refractivity contribution in [3.8, 4) is 0 Å². The van der Waals surface area contributed by atoms with Gasteiger partial charge in [0.1, 0.15) is 5.78 Å². The van der Waals surface area contributed by atoms with Gasteiger partial charge < -0.3 is 9.47 Å². The van der Waals surface area contributed by atoms with Crippen LogP contribution < -0.4 is 0 Å². The predicted molar refractivity (Wildman–Crippen MR) is 147 cm³/mol. The summed E-state index contributed by atoms with van der Waals surface area (Å²) in [5.74, 6) is 0.587. The van der Waals surface area contributed by atoms with Crippen molar-refractivity contribution in [2.75, 3.05) is 6.61 Å². The number of carbonyl (C=O) groups is 3. The Bertz CT molecular complexity index is 1250. The molecule has 0 aromatic carbocycles. The van der Waals surface area contributed by atoms with E-state index in [2.05, 4.69) is 46.8 Å². The van der Waals surface area contributed by atoms with Gasteiger partial charge in [-0.05, 0) is 105 Å². The summed E-state index contributed by atoms with van der Waals surface area (Å²) in [6.07, 6.45) is 12.7. The predicted octanol–water partition coefficient (Wildman–Crippen LogP) is 7.82. The monoisotopic (exact) mass is 520 g/mol. The molecule has 0 unspecified atom stereocenters. The smallest absolute Gasteiger partial charge is 0.434 e. The highest BCUT2D eigenvalue weighted by Crippen LogP contribution is 2.75. The van der Waals surface area contributed by atoms with Crippen LogP contribution in [0.4, 0.5) is 4.79 Å². The van der Waals surface area contributed by atoms with Gasteiger partial charge in [-0.2, -0.15) is 0 Å². The standard InChI is InChI=1S/C33H44O5/c1-9-37-28(36)38-27-20(2)22-10-11-25-31(6,23(22)18-24(27)35)15-17-33(8)26-19-30(5,21(3)34)13-12-29(26,4)14-16-32(25,33)7/h10-11,18,26H,9,12-17,19H2,1-8H3/t26-,29-,30-,31+,32-,33+/m1/s1. The van der Waals surface area contributed by atoms with E-state index in [0.29, 0.717) is 17.3 Å². The molecule has 5 rings (SSSR count). The molecule has 0 aromatic rings. The van der Waals surface area contributed by atoms with Crippen LogP contribution in [0.25, 0.3) is 0 Å². The maximum absolute atomic E-state index is 13.3. The van der Waals surface area contributed by atoms with Crippen molar-refractivity contribution in [2.45, 2.75) is 100 Å². The topological polar surface area (TPSA) is 69.7 Å². The third-order valence-corrected chi connectivity index (χ3v) is 12.1. The molecule has 5 heteroatoms. The van der Waals surface area contributed by atoms with Crippen LogP contribution in [0.1, 0.15) is 100 Å². The van der Waals surface area contributed by atoms with E-state index < -0.39 is 6.16 Å². The number of fused-ring (bicyclic) bond motifs is 7. The lowest BCUT2D eigenvalue weighted by atomic mass is 9.34. The summed E-state index contributed by atoms with van der Waals surface area (Å²) < 4.78 is 10.3. The Morgan fingerprint density at radius 2 is 1.66 bits per heavy atom. The molecule has 5 aliphatic carbocycles. The van der Waals surface area contributed by atoms with Crippen molar-refractivity contribution < 1.29 is 23.9 Å². The molecule has 0 aliphatic heterocycles. The second-order valence-corrected chi connectivity index (χ2v) is 13.9. The Labute approximate surface area is 227 Å². The Balaban J connectivity index is 1.58. The zero-order valence-corrected chi connectivity index (χ0v) is 24.5. The quantitative estimate of drug-likeness (QED) is 0.355. The van der Waals surface area contributed by atoms with Gasteiger partial charge in [0.15, 0.2) is 5.76 Å². The van der Waals surface area contributed by atoms with Crippen LogP contribution in [-0.2, 0) is 19.1 Å². The minimum absolute atomic E-state index is 0.0372. The fourth-order valence-electron chi connectivity index (χ4n) is 9.13. The number of carbonyl (C=O) groups excluding carboxylic acids is 3. The van der Waals surface area contributed by atoms with Crippen LogP contribution in [0.5, 0.6) is 0 Å². The zero-order chi connectivity index (χ0) is 27.9.